The van der Waals surface area contributed by atoms with E-state index < -0.39 is 5.54 Å². The van der Waals surface area contributed by atoms with Crippen LogP contribution in [0.4, 0.5) is 0 Å². The normalized spacial score (nSPS) is 38.8. The molecule has 0 bridgehead atoms. The summed E-state index contributed by atoms with van der Waals surface area (Å²) < 4.78 is 5.89. The van der Waals surface area contributed by atoms with Crippen molar-refractivity contribution in [2.45, 2.75) is 58.1 Å². The van der Waals surface area contributed by atoms with Crippen LogP contribution in [0.1, 0.15) is 46.5 Å². The summed E-state index contributed by atoms with van der Waals surface area (Å²) in [6.07, 6.45) is 4.74. The van der Waals surface area contributed by atoms with E-state index in [2.05, 4.69) is 20.8 Å². The highest BCUT2D eigenvalue weighted by atomic mass is 16.5. The number of likely N-dealkylation sites (N-methyl/N-ethyl adjacent to an activating group) is 1. The molecule has 114 valence electrons. The van der Waals surface area contributed by atoms with E-state index in [1.165, 1.54) is 12.8 Å². The predicted octanol–water partition coefficient (Wildman–Crippen LogP) is 1.78. The number of hydrogen-bond acceptors (Lipinski definition) is 3. The summed E-state index contributed by atoms with van der Waals surface area (Å²) in [5.41, 5.74) is 5.69. The fraction of sp³-hybridized carbons (Fsp3) is 0.938. The maximum Gasteiger partial charge on any atom is 0.243 e. The second-order valence-corrected chi connectivity index (χ2v) is 7.42. The molecule has 0 aromatic rings. The van der Waals surface area contributed by atoms with Crippen LogP contribution in [-0.4, -0.2) is 42.1 Å². The lowest BCUT2D eigenvalue weighted by molar-refractivity contribution is -0.230. The van der Waals surface area contributed by atoms with Crippen molar-refractivity contribution in [1.82, 2.24) is 4.90 Å². The third kappa shape index (κ3) is 1.84. The average Bonchev–Trinajstić information content (AvgIpc) is 3.27. The molecule has 20 heavy (non-hydrogen) atoms. The Morgan fingerprint density at radius 3 is 2.65 bits per heavy atom. The average molecular weight is 280 g/mol. The second kappa shape index (κ2) is 4.70. The van der Waals surface area contributed by atoms with Crippen LogP contribution in [0.5, 0.6) is 0 Å². The third-order valence-corrected chi connectivity index (χ3v) is 5.88. The largest absolute Gasteiger partial charge is 0.377 e. The number of nitrogens with two attached hydrogens (primary N) is 1. The molecule has 2 N–H and O–H groups in total. The lowest BCUT2D eigenvalue weighted by Gasteiger charge is -2.65. The summed E-state index contributed by atoms with van der Waals surface area (Å²) in [6, 6.07) is 0. The van der Waals surface area contributed by atoms with E-state index in [0.29, 0.717) is 5.92 Å². The fourth-order valence-electron chi connectivity index (χ4n) is 4.24. The van der Waals surface area contributed by atoms with Gasteiger partial charge in [0.05, 0.1) is 6.10 Å². The Hall–Kier alpha value is -0.610. The quantitative estimate of drug-likeness (QED) is 0.854. The predicted molar refractivity (Wildman–Crippen MR) is 78.1 cm³/mol. The first kappa shape index (κ1) is 14.3. The van der Waals surface area contributed by atoms with Gasteiger partial charge in [0.2, 0.25) is 5.91 Å². The molecule has 3 atom stereocenters. The highest BCUT2D eigenvalue weighted by molar-refractivity contribution is 5.89. The lowest BCUT2D eigenvalue weighted by Crippen LogP contribution is -2.82. The van der Waals surface area contributed by atoms with Crippen molar-refractivity contribution < 1.29 is 9.53 Å². The van der Waals surface area contributed by atoms with Crippen LogP contribution in [0.15, 0.2) is 0 Å². The first-order valence-corrected chi connectivity index (χ1v) is 8.12. The Kier molecular flexibility index (Phi) is 3.37. The summed E-state index contributed by atoms with van der Waals surface area (Å²) in [4.78, 5) is 15.0. The Bertz CT molecular complexity index is 405. The minimum Gasteiger partial charge on any atom is -0.377 e. The Morgan fingerprint density at radius 2 is 2.05 bits per heavy atom. The van der Waals surface area contributed by atoms with E-state index >= 15 is 0 Å². The lowest BCUT2D eigenvalue weighted by atomic mass is 9.46. The molecule has 1 amide bonds. The number of fused-ring (bicyclic) bond motifs is 1. The first-order chi connectivity index (χ1) is 9.42. The number of amides is 1. The maximum atomic E-state index is 13.1. The van der Waals surface area contributed by atoms with Crippen LogP contribution >= 0.6 is 0 Å². The van der Waals surface area contributed by atoms with Crippen LogP contribution in [-0.2, 0) is 9.53 Å². The van der Waals surface area contributed by atoms with Gasteiger partial charge < -0.3 is 15.4 Å². The van der Waals surface area contributed by atoms with Crippen LogP contribution in [0.25, 0.3) is 0 Å². The molecule has 3 unspecified atom stereocenters. The zero-order valence-corrected chi connectivity index (χ0v) is 13.0. The molecule has 2 aliphatic carbocycles. The number of ether oxygens (including phenoxy) is 1. The van der Waals surface area contributed by atoms with Crippen molar-refractivity contribution in [3.05, 3.63) is 0 Å². The van der Waals surface area contributed by atoms with Crippen molar-refractivity contribution in [2.24, 2.45) is 23.0 Å². The van der Waals surface area contributed by atoms with Gasteiger partial charge in [0, 0.05) is 31.0 Å². The summed E-state index contributed by atoms with van der Waals surface area (Å²) >= 11 is 0. The van der Waals surface area contributed by atoms with Gasteiger partial charge in [-0.1, -0.05) is 13.8 Å². The summed E-state index contributed by atoms with van der Waals surface area (Å²) in [5, 5.41) is 0. The van der Waals surface area contributed by atoms with Gasteiger partial charge in [-0.15, -0.1) is 0 Å². The molecule has 0 radical (unpaired) electrons. The SMILES string of the molecule is CCN(CC1CC1)C(=O)C1(N)C2CCCOC2C1(C)C. The van der Waals surface area contributed by atoms with Gasteiger partial charge in [-0.3, -0.25) is 4.79 Å². The molecule has 4 nitrogen and oxygen atoms in total. The molecule has 3 fully saturated rings. The van der Waals surface area contributed by atoms with E-state index in [4.69, 9.17) is 10.5 Å². The molecule has 0 spiro atoms. The van der Waals surface area contributed by atoms with Crippen molar-refractivity contribution >= 4 is 5.91 Å². The second-order valence-electron chi connectivity index (χ2n) is 7.42. The zero-order valence-electron chi connectivity index (χ0n) is 13.0. The number of rotatable bonds is 4. The van der Waals surface area contributed by atoms with Crippen molar-refractivity contribution in [2.75, 3.05) is 19.7 Å². The van der Waals surface area contributed by atoms with Crippen molar-refractivity contribution in [3.8, 4) is 0 Å². The van der Waals surface area contributed by atoms with Gasteiger partial charge in [-0.05, 0) is 38.5 Å². The van der Waals surface area contributed by atoms with Gasteiger partial charge in [0.25, 0.3) is 0 Å². The molecule has 1 aliphatic heterocycles. The summed E-state index contributed by atoms with van der Waals surface area (Å²) in [6.45, 7) is 8.73. The van der Waals surface area contributed by atoms with Crippen LogP contribution in [0.3, 0.4) is 0 Å². The molecule has 1 saturated heterocycles. The maximum absolute atomic E-state index is 13.1. The smallest absolute Gasteiger partial charge is 0.243 e. The van der Waals surface area contributed by atoms with Gasteiger partial charge in [0.1, 0.15) is 5.54 Å². The third-order valence-electron chi connectivity index (χ3n) is 5.88. The number of hydrogen-bond donors (Lipinski definition) is 1. The number of nitrogens with zero attached hydrogens (tertiary/aromatic N) is 1. The Morgan fingerprint density at radius 1 is 1.35 bits per heavy atom. The molecule has 0 aromatic heterocycles. The molecule has 4 heteroatoms. The monoisotopic (exact) mass is 280 g/mol. The molecule has 3 aliphatic rings. The van der Waals surface area contributed by atoms with Gasteiger partial charge in [0.15, 0.2) is 0 Å². The molecule has 1 heterocycles. The van der Waals surface area contributed by atoms with E-state index in [1.807, 2.05) is 4.90 Å². The summed E-state index contributed by atoms with van der Waals surface area (Å²) in [5.74, 6) is 1.07. The Balaban J connectivity index is 1.80. The first-order valence-electron chi connectivity index (χ1n) is 8.12. The molecule has 3 rings (SSSR count). The highest BCUT2D eigenvalue weighted by Gasteiger charge is 2.70. The van der Waals surface area contributed by atoms with Crippen LogP contribution in [0, 0.1) is 17.3 Å². The van der Waals surface area contributed by atoms with Gasteiger partial charge in [-0.25, -0.2) is 0 Å². The van der Waals surface area contributed by atoms with Gasteiger partial charge in [-0.2, -0.15) is 0 Å². The molecular weight excluding hydrogens is 252 g/mol. The van der Waals surface area contributed by atoms with Gasteiger partial charge >= 0.3 is 0 Å². The van der Waals surface area contributed by atoms with Crippen molar-refractivity contribution in [1.29, 1.82) is 0 Å². The minimum atomic E-state index is -0.733. The van der Waals surface area contributed by atoms with Crippen LogP contribution < -0.4 is 5.73 Å². The summed E-state index contributed by atoms with van der Waals surface area (Å²) in [7, 11) is 0. The standard InChI is InChI=1S/C16H28N2O2/c1-4-18(10-11-7-8-11)14(19)16(17)12-6-5-9-20-13(12)15(16,2)3/h11-13H,4-10,17H2,1-3H3. The topological polar surface area (TPSA) is 55.6 Å². The Labute approximate surface area is 122 Å². The number of carbonyl (C=O) groups excluding carboxylic acids is 1. The van der Waals surface area contributed by atoms with E-state index in [-0.39, 0.29) is 23.3 Å². The van der Waals surface area contributed by atoms with E-state index in [9.17, 15) is 4.79 Å². The molecular formula is C16H28N2O2. The van der Waals surface area contributed by atoms with Crippen LogP contribution in [0.2, 0.25) is 0 Å². The zero-order chi connectivity index (χ0) is 14.5. The fourth-order valence-corrected chi connectivity index (χ4v) is 4.24. The molecule has 2 saturated carbocycles. The number of carbonyl (C=O) groups is 1. The highest BCUT2D eigenvalue weighted by Crippen LogP contribution is 2.58. The van der Waals surface area contributed by atoms with E-state index in [1.54, 1.807) is 0 Å². The minimum absolute atomic E-state index is 0.156. The van der Waals surface area contributed by atoms with Crippen molar-refractivity contribution in [3.63, 3.8) is 0 Å². The molecule has 0 aromatic carbocycles. The van der Waals surface area contributed by atoms with E-state index in [0.717, 1.165) is 32.5 Å².